The molecule has 2 fully saturated rings. The van der Waals surface area contributed by atoms with Gasteiger partial charge in [0.25, 0.3) is 0 Å². The van der Waals surface area contributed by atoms with Crippen LogP contribution in [-0.4, -0.2) is 48.6 Å². The fourth-order valence-electron chi connectivity index (χ4n) is 2.64. The molecule has 102 valence electrons. The van der Waals surface area contributed by atoms with E-state index in [1.807, 2.05) is 6.92 Å². The number of hydrogen-bond acceptors (Lipinski definition) is 4. The van der Waals surface area contributed by atoms with E-state index in [9.17, 15) is 9.59 Å². The molecule has 0 spiro atoms. The second kappa shape index (κ2) is 5.80. The van der Waals surface area contributed by atoms with Crippen LogP contribution in [0.25, 0.3) is 0 Å². The molecule has 0 aromatic heterocycles. The van der Waals surface area contributed by atoms with Crippen molar-refractivity contribution < 1.29 is 14.3 Å². The largest absolute Gasteiger partial charge is 0.378 e. The molecule has 2 saturated heterocycles. The molecule has 0 aromatic rings. The molecule has 3 unspecified atom stereocenters. The third-order valence-electron chi connectivity index (χ3n) is 3.85. The molecule has 5 heteroatoms. The number of ether oxygens (including phenoxy) is 1. The van der Waals surface area contributed by atoms with Crippen LogP contribution >= 0.6 is 0 Å². The minimum absolute atomic E-state index is 0.0462. The summed E-state index contributed by atoms with van der Waals surface area (Å²) in [6.07, 6.45) is 2.40. The lowest BCUT2D eigenvalue weighted by atomic mass is 10.0. The fraction of sp³-hybridized carbons (Fsp3) is 0.846. The van der Waals surface area contributed by atoms with Crippen molar-refractivity contribution in [3.8, 4) is 0 Å². The quantitative estimate of drug-likeness (QED) is 0.727. The summed E-state index contributed by atoms with van der Waals surface area (Å²) in [4.78, 5) is 25.1. The zero-order valence-corrected chi connectivity index (χ0v) is 11.1. The van der Waals surface area contributed by atoms with E-state index in [0.717, 1.165) is 26.0 Å². The summed E-state index contributed by atoms with van der Waals surface area (Å²) in [5.74, 6) is 0.344. The van der Waals surface area contributed by atoms with Crippen LogP contribution in [0.2, 0.25) is 0 Å². The Bertz CT molecular complexity index is 332. The van der Waals surface area contributed by atoms with Crippen molar-refractivity contribution in [3.63, 3.8) is 0 Å². The van der Waals surface area contributed by atoms with Crippen LogP contribution in [0, 0.1) is 5.92 Å². The number of amides is 2. The number of rotatable bonds is 5. The Labute approximate surface area is 108 Å². The van der Waals surface area contributed by atoms with Crippen LogP contribution in [-0.2, 0) is 14.3 Å². The average molecular weight is 254 g/mol. The fourth-order valence-corrected chi connectivity index (χ4v) is 2.64. The molecule has 1 N–H and O–H groups in total. The van der Waals surface area contributed by atoms with Gasteiger partial charge in [0.2, 0.25) is 11.8 Å². The maximum absolute atomic E-state index is 12.0. The monoisotopic (exact) mass is 254 g/mol. The highest BCUT2D eigenvalue weighted by molar-refractivity contribution is 6.05. The molecule has 5 nitrogen and oxygen atoms in total. The van der Waals surface area contributed by atoms with E-state index in [0.29, 0.717) is 18.9 Å². The second-order valence-electron chi connectivity index (χ2n) is 5.17. The lowest BCUT2D eigenvalue weighted by Crippen LogP contribution is -2.41. The normalized spacial score (nSPS) is 32.6. The molecule has 18 heavy (non-hydrogen) atoms. The average Bonchev–Trinajstić information content (AvgIpc) is 2.86. The first kappa shape index (κ1) is 13.5. The van der Waals surface area contributed by atoms with Crippen molar-refractivity contribution in [1.29, 1.82) is 0 Å². The van der Waals surface area contributed by atoms with Crippen molar-refractivity contribution in [3.05, 3.63) is 0 Å². The zero-order valence-electron chi connectivity index (χ0n) is 11.1. The number of nitrogens with zero attached hydrogens (tertiary/aromatic N) is 1. The second-order valence-corrected chi connectivity index (χ2v) is 5.17. The third kappa shape index (κ3) is 2.72. The van der Waals surface area contributed by atoms with E-state index >= 15 is 0 Å². The predicted octanol–water partition coefficient (Wildman–Crippen LogP) is 0.539. The summed E-state index contributed by atoms with van der Waals surface area (Å²) < 4.78 is 5.49. The minimum Gasteiger partial charge on any atom is -0.378 e. The Kier molecular flexibility index (Phi) is 4.35. The molecular weight excluding hydrogens is 232 g/mol. The highest BCUT2D eigenvalue weighted by atomic mass is 16.5. The summed E-state index contributed by atoms with van der Waals surface area (Å²) in [5, 5.41) is 3.23. The van der Waals surface area contributed by atoms with Gasteiger partial charge in [0.05, 0.1) is 18.6 Å². The van der Waals surface area contributed by atoms with E-state index in [1.54, 1.807) is 0 Å². The molecule has 2 aliphatic heterocycles. The van der Waals surface area contributed by atoms with Crippen LogP contribution < -0.4 is 5.32 Å². The van der Waals surface area contributed by atoms with Crippen LogP contribution in [0.5, 0.6) is 0 Å². The molecule has 0 bridgehead atoms. The van der Waals surface area contributed by atoms with Crippen molar-refractivity contribution in [2.75, 3.05) is 19.7 Å². The molecule has 2 aliphatic rings. The Morgan fingerprint density at radius 2 is 2.22 bits per heavy atom. The number of carbonyl (C=O) groups excluding carboxylic acids is 2. The van der Waals surface area contributed by atoms with Gasteiger partial charge in [-0.15, -0.1) is 0 Å². The highest BCUT2D eigenvalue weighted by Gasteiger charge is 2.38. The number of nitrogens with one attached hydrogen (secondary N) is 1. The van der Waals surface area contributed by atoms with Gasteiger partial charge < -0.3 is 10.1 Å². The van der Waals surface area contributed by atoms with Gasteiger partial charge in [-0.1, -0.05) is 6.92 Å². The molecule has 2 rings (SSSR count). The molecule has 0 aromatic carbocycles. The van der Waals surface area contributed by atoms with Gasteiger partial charge in [0.1, 0.15) is 0 Å². The molecule has 0 radical (unpaired) electrons. The summed E-state index contributed by atoms with van der Waals surface area (Å²) in [5.41, 5.74) is 0. The first-order chi connectivity index (χ1) is 8.63. The van der Waals surface area contributed by atoms with Gasteiger partial charge in [-0.2, -0.15) is 0 Å². The van der Waals surface area contributed by atoms with E-state index < -0.39 is 0 Å². The lowest BCUT2D eigenvalue weighted by Gasteiger charge is -2.18. The van der Waals surface area contributed by atoms with Gasteiger partial charge in [-0.3, -0.25) is 14.5 Å². The van der Waals surface area contributed by atoms with Crippen molar-refractivity contribution in [1.82, 2.24) is 10.2 Å². The molecule has 2 heterocycles. The van der Waals surface area contributed by atoms with Gasteiger partial charge in [-0.05, 0) is 25.7 Å². The first-order valence-electron chi connectivity index (χ1n) is 6.82. The van der Waals surface area contributed by atoms with E-state index in [-0.39, 0.29) is 24.0 Å². The number of hydrogen-bond donors (Lipinski definition) is 1. The SMILES string of the molecule is CCCN1C(=O)CC(NCC2CCOC2C)C1=O. The number of imide groups is 1. The summed E-state index contributed by atoms with van der Waals surface area (Å²) >= 11 is 0. The standard InChI is InChI=1S/C13H22N2O3/c1-3-5-15-12(16)7-11(13(15)17)14-8-10-4-6-18-9(10)2/h9-11,14H,3-8H2,1-2H3. The first-order valence-corrected chi connectivity index (χ1v) is 6.82. The molecular formula is C13H22N2O3. The molecule has 2 amide bonds. The van der Waals surface area contributed by atoms with Crippen molar-refractivity contribution >= 4 is 11.8 Å². The minimum atomic E-state index is -0.322. The lowest BCUT2D eigenvalue weighted by molar-refractivity contribution is -0.138. The van der Waals surface area contributed by atoms with Gasteiger partial charge >= 0.3 is 0 Å². The number of carbonyl (C=O) groups is 2. The smallest absolute Gasteiger partial charge is 0.246 e. The van der Waals surface area contributed by atoms with Crippen LogP contribution in [0.4, 0.5) is 0 Å². The Hall–Kier alpha value is -0.940. The topological polar surface area (TPSA) is 58.6 Å². The van der Waals surface area contributed by atoms with Crippen molar-refractivity contribution in [2.45, 2.75) is 45.3 Å². The number of likely N-dealkylation sites (tertiary alicyclic amines) is 1. The van der Waals surface area contributed by atoms with Gasteiger partial charge in [0, 0.05) is 19.7 Å². The van der Waals surface area contributed by atoms with Crippen LogP contribution in [0.3, 0.4) is 0 Å². The molecule has 0 saturated carbocycles. The summed E-state index contributed by atoms with van der Waals surface area (Å²) in [6, 6.07) is -0.322. The maximum Gasteiger partial charge on any atom is 0.246 e. The van der Waals surface area contributed by atoms with Gasteiger partial charge in [0.15, 0.2) is 0 Å². The summed E-state index contributed by atoms with van der Waals surface area (Å²) in [6.45, 7) is 6.12. The van der Waals surface area contributed by atoms with Crippen molar-refractivity contribution in [2.24, 2.45) is 5.92 Å². The van der Waals surface area contributed by atoms with Crippen LogP contribution in [0.1, 0.15) is 33.1 Å². The van der Waals surface area contributed by atoms with E-state index in [4.69, 9.17) is 4.74 Å². The predicted molar refractivity (Wildman–Crippen MR) is 66.9 cm³/mol. The third-order valence-corrected chi connectivity index (χ3v) is 3.85. The Balaban J connectivity index is 1.83. The Morgan fingerprint density at radius 1 is 1.44 bits per heavy atom. The molecule has 0 aliphatic carbocycles. The maximum atomic E-state index is 12.0. The van der Waals surface area contributed by atoms with E-state index in [2.05, 4.69) is 12.2 Å². The molecule has 3 atom stereocenters. The summed E-state index contributed by atoms with van der Waals surface area (Å²) in [7, 11) is 0. The Morgan fingerprint density at radius 3 is 2.83 bits per heavy atom. The highest BCUT2D eigenvalue weighted by Crippen LogP contribution is 2.20. The van der Waals surface area contributed by atoms with E-state index in [1.165, 1.54) is 4.90 Å². The van der Waals surface area contributed by atoms with Crippen LogP contribution in [0.15, 0.2) is 0 Å². The van der Waals surface area contributed by atoms with Gasteiger partial charge in [-0.25, -0.2) is 0 Å². The zero-order chi connectivity index (χ0) is 13.1.